The van der Waals surface area contributed by atoms with Gasteiger partial charge in [-0.05, 0) is 49.4 Å². The Labute approximate surface area is 179 Å². The minimum atomic E-state index is -4.53. The van der Waals surface area contributed by atoms with Crippen LogP contribution in [-0.4, -0.2) is 24.6 Å². The topological polar surface area (TPSA) is 104 Å². The van der Waals surface area contributed by atoms with E-state index < -0.39 is 30.2 Å². The average Bonchev–Trinajstić information content (AvgIpc) is 3.07. The number of fused-ring (bicyclic) bond motifs is 1. The van der Waals surface area contributed by atoms with E-state index in [1.165, 1.54) is 17.4 Å². The molecule has 0 fully saturated rings. The molecule has 3 rings (SSSR count). The number of nitrogens with zero attached hydrogens (tertiary/aromatic N) is 2. The van der Waals surface area contributed by atoms with Gasteiger partial charge in [0.25, 0.3) is 11.8 Å². The quantitative estimate of drug-likeness (QED) is 0.511. The first-order valence-electron chi connectivity index (χ1n) is 9.26. The third-order valence-corrected chi connectivity index (χ3v) is 5.64. The number of alkyl halides is 3. The molecule has 1 heterocycles. The number of hydrogen-bond acceptors (Lipinski definition) is 6. The molecule has 11 heteroatoms. The largest absolute Gasteiger partial charge is 0.416 e. The normalized spacial score (nSPS) is 13.4. The number of anilines is 2. The first-order chi connectivity index (χ1) is 14.8. The van der Waals surface area contributed by atoms with Crippen LogP contribution in [0.2, 0.25) is 0 Å². The second-order valence-corrected chi connectivity index (χ2v) is 7.76. The van der Waals surface area contributed by atoms with Crippen molar-refractivity contribution in [1.29, 1.82) is 5.26 Å². The maximum Gasteiger partial charge on any atom is 0.416 e. The molecule has 0 radical (unpaired) electrons. The summed E-state index contributed by atoms with van der Waals surface area (Å²) in [5.41, 5.74) is 0.494. The molecule has 1 aromatic heterocycles. The zero-order valence-electron chi connectivity index (χ0n) is 16.1. The van der Waals surface area contributed by atoms with Gasteiger partial charge < -0.3 is 15.5 Å². The van der Waals surface area contributed by atoms with Crippen LogP contribution in [0.15, 0.2) is 29.4 Å². The molecule has 31 heavy (non-hydrogen) atoms. The molecule has 0 unspecified atom stereocenters. The third kappa shape index (κ3) is 5.82. The van der Waals surface area contributed by atoms with Gasteiger partial charge in [0.15, 0.2) is 6.61 Å². The van der Waals surface area contributed by atoms with Crippen LogP contribution in [0.3, 0.4) is 0 Å². The van der Waals surface area contributed by atoms with Gasteiger partial charge in [-0.1, -0.05) is 11.2 Å². The Bertz CT molecular complexity index is 1060. The Morgan fingerprint density at radius 3 is 2.77 bits per heavy atom. The highest BCUT2D eigenvalue weighted by Gasteiger charge is 2.30. The summed E-state index contributed by atoms with van der Waals surface area (Å²) < 4.78 is 38.1. The van der Waals surface area contributed by atoms with Crippen LogP contribution >= 0.6 is 11.3 Å². The van der Waals surface area contributed by atoms with Crippen LogP contribution < -0.4 is 10.6 Å². The molecule has 1 aliphatic carbocycles. The molecule has 162 valence electrons. The summed E-state index contributed by atoms with van der Waals surface area (Å²) in [4.78, 5) is 29.7. The monoisotopic (exact) mass is 450 g/mol. The summed E-state index contributed by atoms with van der Waals surface area (Å²) in [6, 6.07) is 6.25. The fourth-order valence-corrected chi connectivity index (χ4v) is 4.32. The molecule has 1 aliphatic rings. The highest BCUT2D eigenvalue weighted by atomic mass is 32.1. The molecule has 0 spiro atoms. The zero-order valence-corrected chi connectivity index (χ0v) is 16.9. The van der Waals surface area contributed by atoms with Gasteiger partial charge in [0.2, 0.25) is 0 Å². The summed E-state index contributed by atoms with van der Waals surface area (Å²) in [7, 11) is 0. The number of rotatable bonds is 6. The minimum absolute atomic E-state index is 0.0605. The molecule has 7 nitrogen and oxygen atoms in total. The van der Waals surface area contributed by atoms with E-state index in [9.17, 15) is 28.0 Å². The number of aryl methyl sites for hydroxylation is 1. The highest BCUT2D eigenvalue weighted by Crippen LogP contribution is 2.37. The summed E-state index contributed by atoms with van der Waals surface area (Å²) in [6.45, 7) is -0.499. The van der Waals surface area contributed by atoms with Crippen molar-refractivity contribution in [2.24, 2.45) is 5.16 Å². The molecule has 2 N–H and O–H groups in total. The van der Waals surface area contributed by atoms with E-state index in [-0.39, 0.29) is 5.69 Å². The van der Waals surface area contributed by atoms with E-state index in [0.29, 0.717) is 16.8 Å². The molecular weight excluding hydrogens is 433 g/mol. The van der Waals surface area contributed by atoms with Gasteiger partial charge in [-0.25, -0.2) is 0 Å². The van der Waals surface area contributed by atoms with Crippen molar-refractivity contribution in [2.45, 2.75) is 31.9 Å². The van der Waals surface area contributed by atoms with Crippen LogP contribution in [0, 0.1) is 11.3 Å². The smallest absolute Gasteiger partial charge is 0.385 e. The van der Waals surface area contributed by atoms with Crippen LogP contribution in [0.25, 0.3) is 0 Å². The number of benzene rings is 1. The van der Waals surface area contributed by atoms with Crippen molar-refractivity contribution in [3.8, 4) is 6.07 Å². The second kappa shape index (κ2) is 9.61. The van der Waals surface area contributed by atoms with Gasteiger partial charge in [-0.2, -0.15) is 18.4 Å². The van der Waals surface area contributed by atoms with Crippen molar-refractivity contribution in [2.75, 3.05) is 17.2 Å². The number of carbonyl (C=O) groups is 2. The highest BCUT2D eigenvalue weighted by molar-refractivity contribution is 7.16. The summed E-state index contributed by atoms with van der Waals surface area (Å²) in [5.74, 6) is -1.37. The molecule has 2 aromatic rings. The standard InChI is InChI=1S/C20H17F3N4O3S/c21-20(22,23)12-4-3-5-13(8-12)26-17(28)10-25-30-11-18(29)27-19-15(9-24)14-6-1-2-7-16(14)31-19/h3-5,8,10H,1-2,6-7,11H2,(H,26,28)(H,27,29)/b25-10-. The first kappa shape index (κ1) is 22.3. The maximum atomic E-state index is 12.7. The van der Waals surface area contributed by atoms with Crippen LogP contribution in [0.5, 0.6) is 0 Å². The molecule has 2 amide bonds. The van der Waals surface area contributed by atoms with Gasteiger partial charge in [0.05, 0.1) is 11.1 Å². The molecule has 0 atom stereocenters. The van der Waals surface area contributed by atoms with Crippen molar-refractivity contribution in [1.82, 2.24) is 0 Å². The number of carbonyl (C=O) groups excluding carboxylic acids is 2. The van der Waals surface area contributed by atoms with E-state index >= 15 is 0 Å². The number of nitriles is 1. The Kier molecular flexibility index (Phi) is 6.91. The Morgan fingerprint density at radius 1 is 1.26 bits per heavy atom. The van der Waals surface area contributed by atoms with Crippen LogP contribution in [0.1, 0.15) is 34.4 Å². The van der Waals surface area contributed by atoms with Gasteiger partial charge in [-0.3, -0.25) is 9.59 Å². The number of thiophene rings is 1. The van der Waals surface area contributed by atoms with Crippen LogP contribution in [0.4, 0.5) is 23.9 Å². The van der Waals surface area contributed by atoms with Crippen molar-refractivity contribution in [3.05, 3.63) is 45.8 Å². The molecule has 0 saturated heterocycles. The summed E-state index contributed by atoms with van der Waals surface area (Å²) in [6.07, 6.45) is -0.0757. The van der Waals surface area contributed by atoms with E-state index in [4.69, 9.17) is 4.84 Å². The number of halogens is 3. The van der Waals surface area contributed by atoms with Crippen molar-refractivity contribution < 1.29 is 27.6 Å². The lowest BCUT2D eigenvalue weighted by Crippen LogP contribution is -2.18. The SMILES string of the molecule is N#Cc1c(NC(=O)CO/N=C\C(=O)Nc2cccc(C(F)(F)F)c2)sc2c1CCCC2. The van der Waals surface area contributed by atoms with Gasteiger partial charge >= 0.3 is 6.18 Å². The predicted octanol–water partition coefficient (Wildman–Crippen LogP) is 4.10. The Hall–Kier alpha value is -3.39. The Morgan fingerprint density at radius 2 is 2.03 bits per heavy atom. The van der Waals surface area contributed by atoms with Crippen molar-refractivity contribution >= 4 is 40.1 Å². The predicted molar refractivity (Wildman–Crippen MR) is 109 cm³/mol. The second-order valence-electron chi connectivity index (χ2n) is 6.65. The fraction of sp³-hybridized carbons (Fsp3) is 0.300. The number of hydrogen-bond donors (Lipinski definition) is 2. The maximum absolute atomic E-state index is 12.7. The van der Waals surface area contributed by atoms with Gasteiger partial charge in [0, 0.05) is 10.6 Å². The molecular formula is C20H17F3N4O3S. The van der Waals surface area contributed by atoms with Gasteiger partial charge in [-0.15, -0.1) is 11.3 Å². The van der Waals surface area contributed by atoms with Gasteiger partial charge in [0.1, 0.15) is 17.3 Å². The molecule has 0 bridgehead atoms. The van der Waals surface area contributed by atoms with E-state index in [1.54, 1.807) is 0 Å². The van der Waals surface area contributed by atoms with Crippen molar-refractivity contribution in [3.63, 3.8) is 0 Å². The minimum Gasteiger partial charge on any atom is -0.385 e. The lowest BCUT2D eigenvalue weighted by atomic mass is 9.96. The van der Waals surface area contributed by atoms with E-state index in [1.807, 2.05) is 0 Å². The first-order valence-corrected chi connectivity index (χ1v) is 10.1. The lowest BCUT2D eigenvalue weighted by molar-refractivity contribution is -0.137. The van der Waals surface area contributed by atoms with E-state index in [2.05, 4.69) is 21.9 Å². The van der Waals surface area contributed by atoms with E-state index in [0.717, 1.165) is 54.3 Å². The lowest BCUT2D eigenvalue weighted by Gasteiger charge is -2.09. The number of amides is 2. The molecule has 1 aromatic carbocycles. The average molecular weight is 450 g/mol. The molecule has 0 saturated carbocycles. The summed E-state index contributed by atoms with van der Waals surface area (Å²) >= 11 is 1.37. The zero-order chi connectivity index (χ0) is 22.4. The molecule has 0 aliphatic heterocycles. The number of nitrogens with one attached hydrogen (secondary N) is 2. The fourth-order valence-electron chi connectivity index (χ4n) is 3.06. The number of oxime groups is 1. The Balaban J connectivity index is 1.49. The third-order valence-electron chi connectivity index (χ3n) is 4.43. The van der Waals surface area contributed by atoms with Crippen LogP contribution in [-0.2, 0) is 33.4 Å². The summed E-state index contributed by atoms with van der Waals surface area (Å²) in [5, 5.41) is 18.0.